The number of carbonyl (C=O) groups excluding carboxylic acids is 1. The Labute approximate surface area is 183 Å². The van der Waals surface area contributed by atoms with Crippen LogP contribution in [0.5, 0.6) is 0 Å². The van der Waals surface area contributed by atoms with Crippen LogP contribution in [-0.4, -0.2) is 49.3 Å². The Kier molecular flexibility index (Phi) is 5.97. The second-order valence-electron chi connectivity index (χ2n) is 7.24. The Morgan fingerprint density at radius 1 is 1.26 bits per heavy atom. The summed E-state index contributed by atoms with van der Waals surface area (Å²) < 4.78 is 5.27. The summed E-state index contributed by atoms with van der Waals surface area (Å²) in [5, 5.41) is 21.1. The fourth-order valence-electron chi connectivity index (χ4n) is 3.20. The molecule has 0 aliphatic carbocycles. The minimum Gasteiger partial charge on any atom is -0.422 e. The Morgan fingerprint density at radius 2 is 2.10 bits per heavy atom. The van der Waals surface area contributed by atoms with Gasteiger partial charge in [0, 0.05) is 38.0 Å². The number of pyridine rings is 2. The second kappa shape index (κ2) is 8.83. The van der Waals surface area contributed by atoms with Gasteiger partial charge in [0.2, 0.25) is 11.8 Å². The van der Waals surface area contributed by atoms with Crippen LogP contribution in [0.25, 0.3) is 5.57 Å². The van der Waals surface area contributed by atoms with Crippen molar-refractivity contribution in [3.63, 3.8) is 0 Å². The van der Waals surface area contributed by atoms with E-state index in [2.05, 4.69) is 25.5 Å². The van der Waals surface area contributed by atoms with Crippen LogP contribution in [0.4, 0.5) is 10.6 Å². The number of aliphatic hydroxyl groups excluding tert-OH is 1. The van der Waals surface area contributed by atoms with E-state index in [-0.39, 0.29) is 11.9 Å². The normalized spacial score (nSPS) is 14.8. The third kappa shape index (κ3) is 4.73. The molecule has 0 bridgehead atoms. The van der Waals surface area contributed by atoms with Gasteiger partial charge in [0.25, 0.3) is 0 Å². The molecule has 31 heavy (non-hydrogen) atoms. The molecule has 0 aromatic carbocycles. The third-order valence-corrected chi connectivity index (χ3v) is 5.19. The lowest BCUT2D eigenvalue weighted by atomic mass is 10.0. The molecule has 4 heterocycles. The molecule has 0 saturated carbocycles. The Morgan fingerprint density at radius 3 is 2.71 bits per heavy atom. The highest BCUT2D eigenvalue weighted by Gasteiger charge is 2.22. The number of hydrogen-bond donors (Lipinski definition) is 2. The minimum absolute atomic E-state index is 0.0877. The van der Waals surface area contributed by atoms with Crippen molar-refractivity contribution < 1.29 is 14.3 Å². The summed E-state index contributed by atoms with van der Waals surface area (Å²) in [4.78, 5) is 22.8. The fourth-order valence-corrected chi connectivity index (χ4v) is 3.50. The molecule has 0 fully saturated rings. The molecule has 1 aliphatic heterocycles. The number of amides is 2. The van der Waals surface area contributed by atoms with Gasteiger partial charge in [0.15, 0.2) is 6.10 Å². The van der Waals surface area contributed by atoms with E-state index < -0.39 is 6.10 Å². The fraction of sp³-hybridized carbons (Fsp3) is 0.286. The Hall–Kier alpha value is -3.30. The molecular formula is C21H21ClN6O3. The molecule has 10 heteroatoms. The van der Waals surface area contributed by atoms with Gasteiger partial charge in [-0.15, -0.1) is 10.2 Å². The van der Waals surface area contributed by atoms with E-state index in [1.807, 2.05) is 19.1 Å². The highest BCUT2D eigenvalue weighted by molar-refractivity contribution is 6.32. The van der Waals surface area contributed by atoms with Gasteiger partial charge in [-0.05, 0) is 36.6 Å². The molecule has 9 nitrogen and oxygen atoms in total. The SMILES string of the molecule is Cc1ccc(NC(=O)N2CC=C(c3ncc(C(O)c4nnc(C)o4)cc3Cl)CC2)nc1. The maximum Gasteiger partial charge on any atom is 0.323 e. The first-order valence-corrected chi connectivity index (χ1v) is 10.1. The number of aromatic nitrogens is 4. The van der Waals surface area contributed by atoms with Crippen LogP contribution >= 0.6 is 11.6 Å². The number of rotatable bonds is 4. The van der Waals surface area contributed by atoms with Gasteiger partial charge < -0.3 is 14.4 Å². The largest absolute Gasteiger partial charge is 0.422 e. The van der Waals surface area contributed by atoms with Crippen molar-refractivity contribution in [1.29, 1.82) is 0 Å². The van der Waals surface area contributed by atoms with Gasteiger partial charge in [-0.3, -0.25) is 10.3 Å². The average Bonchev–Trinajstić information content (AvgIpc) is 3.21. The van der Waals surface area contributed by atoms with Crippen molar-refractivity contribution in [1.82, 2.24) is 25.1 Å². The summed E-state index contributed by atoms with van der Waals surface area (Å²) in [6, 6.07) is 5.09. The zero-order valence-electron chi connectivity index (χ0n) is 17.0. The van der Waals surface area contributed by atoms with Gasteiger partial charge >= 0.3 is 6.03 Å². The summed E-state index contributed by atoms with van der Waals surface area (Å²) in [7, 11) is 0. The summed E-state index contributed by atoms with van der Waals surface area (Å²) >= 11 is 6.44. The van der Waals surface area contributed by atoms with Gasteiger partial charge in [-0.25, -0.2) is 9.78 Å². The van der Waals surface area contributed by atoms with E-state index in [1.54, 1.807) is 30.2 Å². The molecule has 1 atom stereocenters. The third-order valence-electron chi connectivity index (χ3n) is 4.90. The quantitative estimate of drug-likeness (QED) is 0.637. The summed E-state index contributed by atoms with van der Waals surface area (Å²) in [6.45, 7) is 4.53. The number of carbonyl (C=O) groups is 1. The second-order valence-corrected chi connectivity index (χ2v) is 7.64. The maximum atomic E-state index is 12.5. The number of anilines is 1. The predicted molar refractivity (Wildman–Crippen MR) is 115 cm³/mol. The highest BCUT2D eigenvalue weighted by Crippen LogP contribution is 2.30. The lowest BCUT2D eigenvalue weighted by Crippen LogP contribution is -2.38. The molecule has 0 radical (unpaired) electrons. The van der Waals surface area contributed by atoms with E-state index in [4.69, 9.17) is 16.0 Å². The molecule has 0 spiro atoms. The molecule has 2 amide bonds. The van der Waals surface area contributed by atoms with Gasteiger partial charge in [-0.2, -0.15) is 0 Å². The van der Waals surface area contributed by atoms with Gasteiger partial charge in [0.05, 0.1) is 10.7 Å². The van der Waals surface area contributed by atoms with Crippen molar-refractivity contribution in [2.24, 2.45) is 0 Å². The molecule has 1 unspecified atom stereocenters. The Bertz CT molecular complexity index is 1130. The first kappa shape index (κ1) is 21.0. The van der Waals surface area contributed by atoms with E-state index >= 15 is 0 Å². The molecule has 2 N–H and O–H groups in total. The molecule has 3 aromatic heterocycles. The molecule has 0 saturated heterocycles. The lowest BCUT2D eigenvalue weighted by molar-refractivity contribution is 0.180. The number of nitrogens with one attached hydrogen (secondary N) is 1. The molecule has 3 aromatic rings. The topological polar surface area (TPSA) is 117 Å². The smallest absolute Gasteiger partial charge is 0.323 e. The van der Waals surface area contributed by atoms with Gasteiger partial charge in [0.1, 0.15) is 5.82 Å². The van der Waals surface area contributed by atoms with Crippen LogP contribution in [-0.2, 0) is 0 Å². The van der Waals surface area contributed by atoms with Gasteiger partial charge in [-0.1, -0.05) is 23.7 Å². The lowest BCUT2D eigenvalue weighted by Gasteiger charge is -2.26. The maximum absolute atomic E-state index is 12.5. The number of nitrogens with zero attached hydrogens (tertiary/aromatic N) is 5. The number of aryl methyl sites for hydroxylation is 2. The number of urea groups is 1. The number of hydrogen-bond acceptors (Lipinski definition) is 7. The Balaban J connectivity index is 1.43. The first-order valence-electron chi connectivity index (χ1n) is 9.72. The van der Waals surface area contributed by atoms with Crippen LogP contribution in [0, 0.1) is 13.8 Å². The minimum atomic E-state index is -1.10. The van der Waals surface area contributed by atoms with Crippen LogP contribution in [0.15, 0.2) is 41.1 Å². The summed E-state index contributed by atoms with van der Waals surface area (Å²) in [5.74, 6) is 0.967. The number of aliphatic hydroxyl groups is 1. The summed E-state index contributed by atoms with van der Waals surface area (Å²) in [5.41, 5.74) is 3.05. The van der Waals surface area contributed by atoms with Crippen molar-refractivity contribution in [3.8, 4) is 0 Å². The zero-order valence-corrected chi connectivity index (χ0v) is 17.8. The number of halogens is 1. The predicted octanol–water partition coefficient (Wildman–Crippen LogP) is 3.53. The first-order chi connectivity index (χ1) is 14.9. The molecule has 4 rings (SSSR count). The van der Waals surface area contributed by atoms with Crippen LogP contribution < -0.4 is 5.32 Å². The van der Waals surface area contributed by atoms with Crippen LogP contribution in [0.1, 0.15) is 41.1 Å². The van der Waals surface area contributed by atoms with Crippen LogP contribution in [0.3, 0.4) is 0 Å². The molecule has 1 aliphatic rings. The zero-order chi connectivity index (χ0) is 22.0. The van der Waals surface area contributed by atoms with E-state index in [9.17, 15) is 9.90 Å². The summed E-state index contributed by atoms with van der Waals surface area (Å²) in [6.07, 6.45) is 4.67. The average molecular weight is 441 g/mol. The molecular weight excluding hydrogens is 420 g/mol. The highest BCUT2D eigenvalue weighted by atomic mass is 35.5. The monoisotopic (exact) mass is 440 g/mol. The van der Waals surface area contributed by atoms with Crippen molar-refractivity contribution in [2.75, 3.05) is 18.4 Å². The van der Waals surface area contributed by atoms with E-state index in [1.165, 1.54) is 6.20 Å². The standard InChI is InChI=1S/C21H21ClN6O3/c1-12-3-4-17(23-10-12)25-21(30)28-7-5-14(6-8-28)18-16(22)9-15(11-24-18)19(29)20-27-26-13(2)31-20/h3-5,9-11,19,29H,6-8H2,1-2H3,(H,23,25,30). The van der Waals surface area contributed by atoms with Crippen LogP contribution in [0.2, 0.25) is 5.02 Å². The van der Waals surface area contributed by atoms with E-state index in [0.29, 0.717) is 47.5 Å². The molecule has 160 valence electrons. The van der Waals surface area contributed by atoms with Crippen molar-refractivity contribution >= 4 is 29.0 Å². The van der Waals surface area contributed by atoms with Crippen molar-refractivity contribution in [2.45, 2.75) is 26.4 Å². The van der Waals surface area contributed by atoms with E-state index in [0.717, 1.165) is 11.1 Å². The van der Waals surface area contributed by atoms with Crippen molar-refractivity contribution in [3.05, 3.63) is 70.3 Å².